The van der Waals surface area contributed by atoms with Crippen LogP contribution in [0.1, 0.15) is 11.1 Å². The van der Waals surface area contributed by atoms with Crippen molar-refractivity contribution >= 4 is 41.8 Å². The molecule has 6 aromatic carbocycles. The molecule has 14 heteroatoms. The third kappa shape index (κ3) is 6.60. The second-order valence-corrected chi connectivity index (χ2v) is 14.5. The van der Waals surface area contributed by atoms with E-state index in [1.807, 2.05) is 74.5 Å². The highest BCUT2D eigenvalue weighted by molar-refractivity contribution is 7.88. The minimum atomic E-state index is -5.82. The molecule has 0 aliphatic heterocycles. The number of aryl methyl sites for hydroxylation is 2. The maximum Gasteiger partial charge on any atom is 0.534 e. The summed E-state index contributed by atoms with van der Waals surface area (Å²) in [6.07, 6.45) is 0. The van der Waals surface area contributed by atoms with E-state index in [-0.39, 0.29) is 0 Å². The highest BCUT2D eigenvalue weighted by Crippen LogP contribution is 2.41. The molecule has 0 unspecified atom stereocenters. The average Bonchev–Trinajstić information content (AvgIpc) is 3.04. The lowest BCUT2D eigenvalue weighted by molar-refractivity contribution is -0.0504. The molecule has 258 valence electrons. The van der Waals surface area contributed by atoms with E-state index in [9.17, 15) is 43.2 Å². The van der Waals surface area contributed by atoms with Crippen LogP contribution < -0.4 is 8.37 Å². The lowest BCUT2D eigenvalue weighted by Crippen LogP contribution is -2.28. The van der Waals surface area contributed by atoms with Gasteiger partial charge in [-0.1, -0.05) is 72.8 Å². The molecule has 0 spiro atoms. The van der Waals surface area contributed by atoms with Gasteiger partial charge in [0.1, 0.15) is 11.5 Å². The smallest absolute Gasteiger partial charge is 0.376 e. The molecule has 6 rings (SSSR count). The largest absolute Gasteiger partial charge is 0.534 e. The SMILES string of the molecule is Cc1ccc2ccc(-c3ccc(OS(=O)(=O)C(F)(F)F)cc3)cc2c1-c1c(C)ccc2ccc(-c3ccc(OS(=O)(=O)C(F)(F)F)cc3)cc12. The Kier molecular flexibility index (Phi) is 8.59. The molecule has 0 amide bonds. The van der Waals surface area contributed by atoms with Gasteiger partial charge in [0.05, 0.1) is 0 Å². The van der Waals surface area contributed by atoms with E-state index in [1.54, 1.807) is 0 Å². The summed E-state index contributed by atoms with van der Waals surface area (Å²) < 4.78 is 131. The van der Waals surface area contributed by atoms with Gasteiger partial charge >= 0.3 is 31.3 Å². The van der Waals surface area contributed by atoms with Gasteiger partial charge in [-0.25, -0.2) is 0 Å². The molecular formula is C36H24F6O6S2. The summed E-state index contributed by atoms with van der Waals surface area (Å²) >= 11 is 0. The molecule has 0 aliphatic rings. The summed E-state index contributed by atoms with van der Waals surface area (Å²) in [6.45, 7) is 3.93. The number of halogens is 6. The van der Waals surface area contributed by atoms with Crippen molar-refractivity contribution in [3.8, 4) is 44.9 Å². The van der Waals surface area contributed by atoms with Crippen LogP contribution in [-0.2, 0) is 20.2 Å². The van der Waals surface area contributed by atoms with Crippen LogP contribution >= 0.6 is 0 Å². The molecule has 0 aromatic heterocycles. The highest BCUT2D eigenvalue weighted by atomic mass is 32.2. The van der Waals surface area contributed by atoms with Crippen molar-refractivity contribution in [1.29, 1.82) is 0 Å². The first kappa shape index (κ1) is 34.8. The monoisotopic (exact) mass is 730 g/mol. The van der Waals surface area contributed by atoms with Gasteiger partial charge in [0, 0.05) is 0 Å². The van der Waals surface area contributed by atoms with E-state index < -0.39 is 42.8 Å². The quantitative estimate of drug-likeness (QED) is 0.0924. The van der Waals surface area contributed by atoms with Crippen LogP contribution in [0, 0.1) is 13.8 Å². The molecule has 0 atom stereocenters. The molecule has 0 heterocycles. The van der Waals surface area contributed by atoms with Gasteiger partial charge in [-0.2, -0.15) is 43.2 Å². The Morgan fingerprint density at radius 2 is 0.740 bits per heavy atom. The zero-order chi connectivity index (χ0) is 36.2. The molecule has 0 aliphatic carbocycles. The zero-order valence-electron chi connectivity index (χ0n) is 25.9. The second-order valence-electron chi connectivity index (χ2n) is 11.4. The first-order chi connectivity index (χ1) is 23.3. The van der Waals surface area contributed by atoms with Crippen molar-refractivity contribution in [3.05, 3.63) is 120 Å². The zero-order valence-corrected chi connectivity index (χ0v) is 27.6. The minimum absolute atomic E-state index is 0.487. The van der Waals surface area contributed by atoms with Gasteiger partial charge < -0.3 is 8.37 Å². The van der Waals surface area contributed by atoms with Crippen molar-refractivity contribution in [2.24, 2.45) is 0 Å². The number of rotatable bonds is 7. The minimum Gasteiger partial charge on any atom is -0.376 e. The topological polar surface area (TPSA) is 86.7 Å². The summed E-state index contributed by atoms with van der Waals surface area (Å²) in [5.74, 6) is -0.974. The first-order valence-corrected chi connectivity index (χ1v) is 17.5. The van der Waals surface area contributed by atoms with E-state index in [4.69, 9.17) is 0 Å². The van der Waals surface area contributed by atoms with E-state index in [2.05, 4.69) is 8.37 Å². The predicted molar refractivity (Wildman–Crippen MR) is 178 cm³/mol. The normalized spacial score (nSPS) is 12.7. The van der Waals surface area contributed by atoms with E-state index >= 15 is 0 Å². The lowest BCUT2D eigenvalue weighted by atomic mass is 9.86. The molecule has 0 radical (unpaired) electrons. The van der Waals surface area contributed by atoms with Gasteiger partial charge in [0.2, 0.25) is 0 Å². The Hall–Kier alpha value is -5.08. The van der Waals surface area contributed by atoms with Crippen LogP contribution in [0.5, 0.6) is 11.5 Å². The fourth-order valence-electron chi connectivity index (χ4n) is 5.63. The Balaban J connectivity index is 1.42. The van der Waals surface area contributed by atoms with Gasteiger partial charge in [0.15, 0.2) is 0 Å². The maximum atomic E-state index is 12.8. The van der Waals surface area contributed by atoms with Gasteiger partial charge in [0.25, 0.3) is 0 Å². The number of hydrogen-bond donors (Lipinski definition) is 0. The van der Waals surface area contributed by atoms with Crippen LogP contribution in [0.3, 0.4) is 0 Å². The Morgan fingerprint density at radius 1 is 0.440 bits per heavy atom. The molecule has 0 bridgehead atoms. The molecule has 6 nitrogen and oxygen atoms in total. The number of fused-ring (bicyclic) bond motifs is 2. The first-order valence-electron chi connectivity index (χ1n) is 14.6. The summed E-state index contributed by atoms with van der Waals surface area (Å²) in [5, 5.41) is 3.55. The van der Waals surface area contributed by atoms with Crippen LogP contribution in [-0.4, -0.2) is 27.9 Å². The predicted octanol–water partition coefficient (Wildman–Crippen LogP) is 10.1. The van der Waals surface area contributed by atoms with Crippen LogP contribution in [0.2, 0.25) is 0 Å². The van der Waals surface area contributed by atoms with Crippen molar-refractivity contribution in [1.82, 2.24) is 0 Å². The summed E-state index contributed by atoms with van der Waals surface area (Å²) in [7, 11) is -11.6. The third-order valence-electron chi connectivity index (χ3n) is 8.06. The molecule has 50 heavy (non-hydrogen) atoms. The number of benzene rings is 6. The lowest BCUT2D eigenvalue weighted by Gasteiger charge is -2.18. The summed E-state index contributed by atoms with van der Waals surface area (Å²) in [6, 6.07) is 29.7. The van der Waals surface area contributed by atoms with Crippen LogP contribution in [0.25, 0.3) is 54.9 Å². The van der Waals surface area contributed by atoms with E-state index in [1.165, 1.54) is 24.3 Å². The second kappa shape index (κ2) is 12.4. The number of hydrogen-bond acceptors (Lipinski definition) is 6. The standard InChI is InChI=1S/C36H24F6O6S2/c1-21-3-5-25-7-9-27(23-11-15-29(16-12-23)47-49(43,44)35(37,38)39)19-31(25)33(21)34-22(2)4-6-26-8-10-28(20-32(26)34)24-13-17-30(18-14-24)48-50(45,46)36(40,41)42/h3-20H,1-2H3. The van der Waals surface area contributed by atoms with Crippen molar-refractivity contribution < 1.29 is 51.5 Å². The fraction of sp³-hybridized carbons (Fsp3) is 0.111. The van der Waals surface area contributed by atoms with Gasteiger partial charge in [-0.3, -0.25) is 0 Å². The highest BCUT2D eigenvalue weighted by Gasteiger charge is 2.49. The Morgan fingerprint density at radius 3 is 1.06 bits per heavy atom. The summed E-state index contributed by atoms with van der Waals surface area (Å²) in [4.78, 5) is 0. The molecule has 6 aromatic rings. The maximum absolute atomic E-state index is 12.8. The summed E-state index contributed by atoms with van der Waals surface area (Å²) in [5.41, 5.74) is -4.78. The Bertz CT molecular complexity index is 2320. The van der Waals surface area contributed by atoms with E-state index in [0.29, 0.717) is 22.3 Å². The van der Waals surface area contributed by atoms with Crippen molar-refractivity contribution in [3.63, 3.8) is 0 Å². The number of alkyl halides is 6. The average molecular weight is 731 g/mol. The molecule has 0 fully saturated rings. The van der Waals surface area contributed by atoms with Crippen molar-refractivity contribution in [2.75, 3.05) is 0 Å². The molecular weight excluding hydrogens is 707 g/mol. The molecule has 0 saturated carbocycles. The third-order valence-corrected chi connectivity index (χ3v) is 10.0. The fourth-order valence-corrected chi connectivity index (χ4v) is 6.55. The van der Waals surface area contributed by atoms with Gasteiger partial charge in [-0.05, 0) is 116 Å². The van der Waals surface area contributed by atoms with Crippen LogP contribution in [0.15, 0.2) is 109 Å². The Labute approximate surface area is 282 Å². The molecule has 0 N–H and O–H groups in total. The molecule has 0 saturated heterocycles. The van der Waals surface area contributed by atoms with Crippen LogP contribution in [0.4, 0.5) is 26.3 Å². The van der Waals surface area contributed by atoms with Crippen molar-refractivity contribution in [2.45, 2.75) is 24.9 Å². The van der Waals surface area contributed by atoms with E-state index in [0.717, 1.165) is 68.1 Å². The van der Waals surface area contributed by atoms with Gasteiger partial charge in [-0.15, -0.1) is 0 Å².